The molecule has 160 valence electrons. The maximum atomic E-state index is 12.7. The Balaban J connectivity index is 1.41. The summed E-state index contributed by atoms with van der Waals surface area (Å²) in [4.78, 5) is 25.3. The molecule has 0 radical (unpaired) electrons. The van der Waals surface area contributed by atoms with Gasteiger partial charge in [-0.1, -0.05) is 41.6 Å². The highest BCUT2D eigenvalue weighted by molar-refractivity contribution is 6.05. The van der Waals surface area contributed by atoms with E-state index in [1.807, 2.05) is 48.5 Å². The Morgan fingerprint density at radius 1 is 1.16 bits per heavy atom. The molecule has 1 aromatic heterocycles. The van der Waals surface area contributed by atoms with Crippen LogP contribution >= 0.6 is 0 Å². The van der Waals surface area contributed by atoms with Crippen LogP contribution in [-0.4, -0.2) is 47.6 Å². The lowest BCUT2D eigenvalue weighted by molar-refractivity contribution is 0.0876. The van der Waals surface area contributed by atoms with Crippen molar-refractivity contribution in [3.63, 3.8) is 0 Å². The summed E-state index contributed by atoms with van der Waals surface area (Å²) >= 11 is 0. The van der Waals surface area contributed by atoms with E-state index in [0.717, 1.165) is 11.1 Å². The molecule has 0 bridgehead atoms. The van der Waals surface area contributed by atoms with Crippen molar-refractivity contribution in [3.05, 3.63) is 71.0 Å². The third kappa shape index (κ3) is 4.20. The van der Waals surface area contributed by atoms with Gasteiger partial charge in [-0.25, -0.2) is 4.68 Å². The molecule has 0 saturated carbocycles. The minimum absolute atomic E-state index is 0.0244. The van der Waals surface area contributed by atoms with Crippen LogP contribution in [0.1, 0.15) is 38.1 Å². The zero-order valence-corrected chi connectivity index (χ0v) is 17.3. The van der Waals surface area contributed by atoms with Crippen molar-refractivity contribution < 1.29 is 19.1 Å². The van der Waals surface area contributed by atoms with Gasteiger partial charge < -0.3 is 20.1 Å². The summed E-state index contributed by atoms with van der Waals surface area (Å²) in [6, 6.07) is 15.0. The molecule has 2 N–H and O–H groups in total. The van der Waals surface area contributed by atoms with Crippen molar-refractivity contribution in [1.29, 1.82) is 0 Å². The maximum Gasteiger partial charge on any atom is 0.274 e. The fourth-order valence-corrected chi connectivity index (χ4v) is 3.58. The van der Waals surface area contributed by atoms with Crippen LogP contribution in [0.3, 0.4) is 0 Å². The van der Waals surface area contributed by atoms with Crippen molar-refractivity contribution in [1.82, 2.24) is 25.6 Å². The van der Waals surface area contributed by atoms with Crippen LogP contribution in [0.25, 0.3) is 0 Å². The van der Waals surface area contributed by atoms with Crippen molar-refractivity contribution in [2.24, 2.45) is 0 Å². The van der Waals surface area contributed by atoms with Gasteiger partial charge in [-0.3, -0.25) is 9.59 Å². The van der Waals surface area contributed by atoms with Gasteiger partial charge in [0.05, 0.1) is 26.8 Å². The average molecular weight is 421 g/mol. The lowest BCUT2D eigenvalue weighted by Crippen LogP contribution is -2.40. The molecule has 31 heavy (non-hydrogen) atoms. The highest BCUT2D eigenvalue weighted by Crippen LogP contribution is 2.27. The first-order valence-electron chi connectivity index (χ1n) is 9.89. The predicted molar refractivity (Wildman–Crippen MR) is 112 cm³/mol. The zero-order valence-electron chi connectivity index (χ0n) is 17.3. The number of carbonyl (C=O) groups excluding carboxylic acids is 2. The summed E-state index contributed by atoms with van der Waals surface area (Å²) < 4.78 is 12.0. The molecule has 2 amide bonds. The molecule has 1 aliphatic rings. The lowest BCUT2D eigenvalue weighted by Gasteiger charge is -2.24. The molecule has 4 rings (SSSR count). The van der Waals surface area contributed by atoms with E-state index in [-0.39, 0.29) is 23.3 Å². The summed E-state index contributed by atoms with van der Waals surface area (Å²) in [5.74, 6) is 0.472. The summed E-state index contributed by atoms with van der Waals surface area (Å²) in [6.45, 7) is 0.784. The highest BCUT2D eigenvalue weighted by Gasteiger charge is 2.32. The molecule has 2 heterocycles. The molecule has 1 atom stereocenters. The average Bonchev–Trinajstić information content (AvgIpc) is 3.24. The number of aromatic nitrogens is 3. The monoisotopic (exact) mass is 421 g/mol. The predicted octanol–water partition coefficient (Wildman–Crippen LogP) is 1.75. The third-order valence-corrected chi connectivity index (χ3v) is 5.18. The summed E-state index contributed by atoms with van der Waals surface area (Å²) in [7, 11) is 3.15. The number of benzene rings is 2. The van der Waals surface area contributed by atoms with Gasteiger partial charge in [-0.05, 0) is 29.7 Å². The van der Waals surface area contributed by atoms with Crippen molar-refractivity contribution >= 4 is 11.8 Å². The number of hydrogen-bond acceptors (Lipinski definition) is 6. The fourth-order valence-electron chi connectivity index (χ4n) is 3.58. The molecule has 0 aliphatic carbocycles. The molecule has 3 aromatic rings. The van der Waals surface area contributed by atoms with E-state index in [2.05, 4.69) is 20.9 Å². The van der Waals surface area contributed by atoms with E-state index in [1.54, 1.807) is 14.2 Å². The van der Waals surface area contributed by atoms with Gasteiger partial charge >= 0.3 is 0 Å². The fraction of sp³-hybridized carbons (Fsp3) is 0.273. The summed E-state index contributed by atoms with van der Waals surface area (Å²) in [5, 5.41) is 13.7. The van der Waals surface area contributed by atoms with Crippen LogP contribution in [0.15, 0.2) is 48.5 Å². The van der Waals surface area contributed by atoms with Gasteiger partial charge in [0, 0.05) is 6.54 Å². The van der Waals surface area contributed by atoms with E-state index in [0.29, 0.717) is 31.0 Å². The van der Waals surface area contributed by atoms with Gasteiger partial charge in [-0.2, -0.15) is 0 Å². The lowest BCUT2D eigenvalue weighted by atomic mass is 10.0. The molecule has 1 aliphatic heterocycles. The van der Waals surface area contributed by atoms with Crippen molar-refractivity contribution in [2.45, 2.75) is 19.0 Å². The van der Waals surface area contributed by atoms with E-state index in [9.17, 15) is 9.59 Å². The van der Waals surface area contributed by atoms with E-state index < -0.39 is 5.91 Å². The SMILES string of the molecule is COc1ccc(CCNC(=O)c2nnn3c2C(=O)NC(c2ccccc2)C3)cc1OC. The molecular formula is C22H23N5O4. The quantitative estimate of drug-likeness (QED) is 0.602. The van der Waals surface area contributed by atoms with Gasteiger partial charge in [-0.15, -0.1) is 5.10 Å². The molecular weight excluding hydrogens is 398 g/mol. The molecule has 9 nitrogen and oxygen atoms in total. The molecule has 1 unspecified atom stereocenters. The number of rotatable bonds is 7. The molecule has 0 saturated heterocycles. The Labute approximate surface area is 179 Å². The van der Waals surface area contributed by atoms with Gasteiger partial charge in [0.2, 0.25) is 0 Å². The van der Waals surface area contributed by atoms with E-state index in [1.165, 1.54) is 4.68 Å². The number of hydrogen-bond donors (Lipinski definition) is 2. The highest BCUT2D eigenvalue weighted by atomic mass is 16.5. The van der Waals surface area contributed by atoms with Crippen LogP contribution < -0.4 is 20.1 Å². The normalized spacial score (nSPS) is 15.0. The first kappa shape index (κ1) is 20.4. The summed E-state index contributed by atoms with van der Waals surface area (Å²) in [5.41, 5.74) is 2.15. The van der Waals surface area contributed by atoms with E-state index in [4.69, 9.17) is 9.47 Å². The second-order valence-electron chi connectivity index (χ2n) is 7.10. The van der Waals surface area contributed by atoms with Gasteiger partial charge in [0.25, 0.3) is 11.8 Å². The molecule has 0 fully saturated rings. The van der Waals surface area contributed by atoms with Crippen molar-refractivity contribution in [3.8, 4) is 11.5 Å². The number of methoxy groups -OCH3 is 2. The van der Waals surface area contributed by atoms with Crippen LogP contribution in [-0.2, 0) is 13.0 Å². The standard InChI is InChI=1S/C22H23N5O4/c1-30-17-9-8-14(12-18(17)31-2)10-11-23-21(28)19-20-22(29)24-16(13-27(20)26-25-19)15-6-4-3-5-7-15/h3-9,12,16H,10-11,13H2,1-2H3,(H,23,28)(H,24,29). The first-order chi connectivity index (χ1) is 15.1. The first-order valence-corrected chi connectivity index (χ1v) is 9.89. The Morgan fingerprint density at radius 3 is 2.68 bits per heavy atom. The number of amides is 2. The second-order valence-corrected chi connectivity index (χ2v) is 7.10. The number of nitrogens with one attached hydrogen (secondary N) is 2. The number of fused-ring (bicyclic) bond motifs is 1. The number of carbonyl (C=O) groups is 2. The maximum absolute atomic E-state index is 12.7. The van der Waals surface area contributed by atoms with Gasteiger partial charge in [0.15, 0.2) is 22.9 Å². The molecule has 2 aromatic carbocycles. The third-order valence-electron chi connectivity index (χ3n) is 5.18. The summed E-state index contributed by atoms with van der Waals surface area (Å²) in [6.07, 6.45) is 0.581. The van der Waals surface area contributed by atoms with Gasteiger partial charge in [0.1, 0.15) is 0 Å². The van der Waals surface area contributed by atoms with E-state index >= 15 is 0 Å². The van der Waals surface area contributed by atoms with Crippen molar-refractivity contribution in [2.75, 3.05) is 20.8 Å². The van der Waals surface area contributed by atoms with Crippen LogP contribution in [0.5, 0.6) is 11.5 Å². The Hall–Kier alpha value is -3.88. The number of ether oxygens (including phenoxy) is 2. The van der Waals surface area contributed by atoms with Crippen LogP contribution in [0.2, 0.25) is 0 Å². The largest absolute Gasteiger partial charge is 0.493 e. The van der Waals surface area contributed by atoms with Crippen LogP contribution in [0.4, 0.5) is 0 Å². The Bertz CT molecular complexity index is 1100. The Kier molecular flexibility index (Phi) is 5.83. The number of nitrogens with zero attached hydrogens (tertiary/aromatic N) is 3. The minimum atomic E-state index is -0.435. The second kappa shape index (κ2) is 8.86. The smallest absolute Gasteiger partial charge is 0.274 e. The molecule has 0 spiro atoms. The zero-order chi connectivity index (χ0) is 21.8. The topological polar surface area (TPSA) is 107 Å². The molecule has 9 heteroatoms. The minimum Gasteiger partial charge on any atom is -0.493 e. The Morgan fingerprint density at radius 2 is 1.94 bits per heavy atom. The van der Waals surface area contributed by atoms with Crippen LogP contribution in [0, 0.1) is 0 Å².